The van der Waals surface area contributed by atoms with Gasteiger partial charge in [-0.15, -0.1) is 0 Å². The fourth-order valence-corrected chi connectivity index (χ4v) is 4.91. The maximum Gasteiger partial charge on any atom is 0.227 e. The predicted octanol–water partition coefficient (Wildman–Crippen LogP) is 3.06. The van der Waals surface area contributed by atoms with Crippen LogP contribution in [0.4, 0.5) is 0 Å². The van der Waals surface area contributed by atoms with Crippen molar-refractivity contribution in [3.63, 3.8) is 0 Å². The maximum absolute atomic E-state index is 12.6. The van der Waals surface area contributed by atoms with Crippen molar-refractivity contribution < 1.29 is 9.59 Å². The van der Waals surface area contributed by atoms with E-state index in [4.69, 9.17) is 0 Å². The highest BCUT2D eigenvalue weighted by molar-refractivity contribution is 5.89. The first kappa shape index (κ1) is 16.8. The second-order valence-electron chi connectivity index (χ2n) is 8.80. The summed E-state index contributed by atoms with van der Waals surface area (Å²) < 4.78 is 0. The summed E-state index contributed by atoms with van der Waals surface area (Å²) in [6.45, 7) is 9.32. The molecule has 4 nitrogen and oxygen atoms in total. The minimum atomic E-state index is -0.0943. The number of nitrogens with zero attached hydrogens (tertiary/aromatic N) is 2. The van der Waals surface area contributed by atoms with E-state index in [-0.39, 0.29) is 23.1 Å². The molecule has 23 heavy (non-hydrogen) atoms. The van der Waals surface area contributed by atoms with Gasteiger partial charge in [0.05, 0.1) is 5.92 Å². The van der Waals surface area contributed by atoms with Crippen molar-refractivity contribution in [3.05, 3.63) is 0 Å². The lowest BCUT2D eigenvalue weighted by Gasteiger charge is -2.44. The number of hydrogen-bond donors (Lipinski definition) is 0. The van der Waals surface area contributed by atoms with Gasteiger partial charge in [-0.2, -0.15) is 0 Å². The van der Waals surface area contributed by atoms with Gasteiger partial charge in [-0.1, -0.05) is 33.6 Å². The van der Waals surface area contributed by atoms with E-state index < -0.39 is 0 Å². The molecule has 0 spiro atoms. The molecule has 4 heteroatoms. The highest BCUT2D eigenvalue weighted by Crippen LogP contribution is 2.42. The van der Waals surface area contributed by atoms with Crippen LogP contribution in [0.1, 0.15) is 65.7 Å². The molecule has 0 radical (unpaired) electrons. The van der Waals surface area contributed by atoms with Gasteiger partial charge >= 0.3 is 0 Å². The number of carbonyl (C=O) groups is 2. The summed E-state index contributed by atoms with van der Waals surface area (Å²) in [6, 6.07) is 0.340. The Bertz CT molecular complexity index is 462. The van der Waals surface area contributed by atoms with Gasteiger partial charge in [-0.05, 0) is 37.0 Å². The number of hydrogen-bond acceptors (Lipinski definition) is 2. The van der Waals surface area contributed by atoms with Gasteiger partial charge in [0.1, 0.15) is 0 Å². The van der Waals surface area contributed by atoms with Gasteiger partial charge in [0.2, 0.25) is 11.8 Å². The Balaban J connectivity index is 1.70. The summed E-state index contributed by atoms with van der Waals surface area (Å²) in [4.78, 5) is 29.3. The van der Waals surface area contributed by atoms with Gasteiger partial charge in [-0.3, -0.25) is 9.59 Å². The van der Waals surface area contributed by atoms with E-state index in [1.807, 2.05) is 4.90 Å². The topological polar surface area (TPSA) is 40.6 Å². The van der Waals surface area contributed by atoms with Crippen molar-refractivity contribution in [1.82, 2.24) is 9.80 Å². The van der Waals surface area contributed by atoms with Gasteiger partial charge in [0.25, 0.3) is 0 Å². The third kappa shape index (κ3) is 3.41. The van der Waals surface area contributed by atoms with Crippen molar-refractivity contribution in [3.8, 4) is 0 Å². The molecule has 0 aromatic heterocycles. The highest BCUT2D eigenvalue weighted by atomic mass is 16.2. The monoisotopic (exact) mass is 320 g/mol. The Kier molecular flexibility index (Phi) is 4.70. The average Bonchev–Trinajstić information content (AvgIpc) is 3.15. The van der Waals surface area contributed by atoms with Crippen LogP contribution in [0.5, 0.6) is 0 Å². The molecule has 130 valence electrons. The lowest BCUT2D eigenvalue weighted by Crippen LogP contribution is -2.48. The van der Waals surface area contributed by atoms with Crippen molar-refractivity contribution in [2.45, 2.75) is 71.8 Å². The van der Waals surface area contributed by atoms with Crippen molar-refractivity contribution in [2.24, 2.45) is 17.3 Å². The summed E-state index contributed by atoms with van der Waals surface area (Å²) >= 11 is 0. The van der Waals surface area contributed by atoms with Gasteiger partial charge < -0.3 is 9.80 Å². The van der Waals surface area contributed by atoms with E-state index in [0.29, 0.717) is 24.9 Å². The zero-order valence-electron chi connectivity index (χ0n) is 15.0. The van der Waals surface area contributed by atoms with E-state index in [9.17, 15) is 9.59 Å². The lowest BCUT2D eigenvalue weighted by molar-refractivity contribution is -0.135. The van der Waals surface area contributed by atoms with E-state index in [1.54, 1.807) is 0 Å². The number of likely N-dealkylation sites (tertiary alicyclic amines) is 2. The molecule has 1 aliphatic carbocycles. The fraction of sp³-hybridized carbons (Fsp3) is 0.895. The first-order chi connectivity index (χ1) is 10.9. The molecule has 3 aliphatic rings. The minimum Gasteiger partial charge on any atom is -0.342 e. The van der Waals surface area contributed by atoms with Gasteiger partial charge in [0, 0.05) is 32.1 Å². The average molecular weight is 320 g/mol. The Morgan fingerprint density at radius 1 is 1.04 bits per heavy atom. The highest BCUT2D eigenvalue weighted by Gasteiger charge is 2.44. The van der Waals surface area contributed by atoms with Crippen LogP contribution in [0.3, 0.4) is 0 Å². The Labute approximate surface area is 140 Å². The van der Waals surface area contributed by atoms with Crippen LogP contribution >= 0.6 is 0 Å². The second-order valence-corrected chi connectivity index (χ2v) is 8.80. The molecule has 2 saturated heterocycles. The van der Waals surface area contributed by atoms with Gasteiger partial charge in [-0.25, -0.2) is 0 Å². The molecule has 3 unspecified atom stereocenters. The molecule has 0 aromatic carbocycles. The second kappa shape index (κ2) is 6.45. The van der Waals surface area contributed by atoms with Crippen molar-refractivity contribution in [2.75, 3.05) is 19.6 Å². The fourth-order valence-electron chi connectivity index (χ4n) is 4.91. The first-order valence-corrected chi connectivity index (χ1v) is 9.46. The molecule has 0 N–H and O–H groups in total. The van der Waals surface area contributed by atoms with Crippen molar-refractivity contribution >= 4 is 11.8 Å². The van der Waals surface area contributed by atoms with Crippen LogP contribution < -0.4 is 0 Å². The summed E-state index contributed by atoms with van der Waals surface area (Å²) in [5.74, 6) is 0.897. The summed E-state index contributed by atoms with van der Waals surface area (Å²) in [6.07, 6.45) is 7.47. The largest absolute Gasteiger partial charge is 0.342 e. The molecule has 3 rings (SSSR count). The summed E-state index contributed by atoms with van der Waals surface area (Å²) in [5.41, 5.74) is 0.225. The Hall–Kier alpha value is -1.06. The van der Waals surface area contributed by atoms with E-state index >= 15 is 0 Å². The molecular formula is C19H32N2O2. The third-order valence-electron chi connectivity index (χ3n) is 6.17. The predicted molar refractivity (Wildman–Crippen MR) is 90.8 cm³/mol. The minimum absolute atomic E-state index is 0.0943. The van der Waals surface area contributed by atoms with Crippen molar-refractivity contribution in [1.29, 1.82) is 0 Å². The molecule has 2 amide bonds. The Morgan fingerprint density at radius 3 is 2.35 bits per heavy atom. The maximum atomic E-state index is 12.6. The van der Waals surface area contributed by atoms with Crippen LogP contribution in [0.25, 0.3) is 0 Å². The standard InChI is InChI=1S/C19H32N2O2/c1-19(2,3)15-8-4-5-9-16(15)21-13-14(12-17(21)22)18(23)20-10-6-7-11-20/h14-16H,4-13H2,1-3H3. The van der Waals surface area contributed by atoms with Gasteiger partial charge in [0.15, 0.2) is 0 Å². The van der Waals surface area contributed by atoms with Crippen LogP contribution in [0.2, 0.25) is 0 Å². The van der Waals surface area contributed by atoms with Crippen LogP contribution in [-0.4, -0.2) is 47.3 Å². The normalized spacial score (nSPS) is 32.7. The molecule has 1 saturated carbocycles. The van der Waals surface area contributed by atoms with E-state index in [1.165, 1.54) is 19.3 Å². The summed E-state index contributed by atoms with van der Waals surface area (Å²) in [7, 11) is 0. The van der Waals surface area contributed by atoms with E-state index in [2.05, 4.69) is 25.7 Å². The van der Waals surface area contributed by atoms with Crippen LogP contribution in [0, 0.1) is 17.3 Å². The molecular weight excluding hydrogens is 288 g/mol. The first-order valence-electron chi connectivity index (χ1n) is 9.46. The molecule has 0 aromatic rings. The molecule has 2 heterocycles. The zero-order valence-corrected chi connectivity index (χ0v) is 15.0. The van der Waals surface area contributed by atoms with E-state index in [0.717, 1.165) is 32.4 Å². The smallest absolute Gasteiger partial charge is 0.227 e. The van der Waals surface area contributed by atoms with Crippen LogP contribution in [0.15, 0.2) is 0 Å². The quantitative estimate of drug-likeness (QED) is 0.784. The molecule has 2 aliphatic heterocycles. The SMILES string of the molecule is CC(C)(C)C1CCCCC1N1CC(C(=O)N2CCCC2)CC1=O. The number of carbonyl (C=O) groups excluding carboxylic acids is 2. The zero-order chi connectivity index (χ0) is 16.6. The third-order valence-corrected chi connectivity index (χ3v) is 6.17. The molecule has 3 atom stereocenters. The Morgan fingerprint density at radius 2 is 1.70 bits per heavy atom. The number of amides is 2. The molecule has 0 bridgehead atoms. The number of rotatable bonds is 2. The lowest BCUT2D eigenvalue weighted by atomic mass is 9.69. The summed E-state index contributed by atoms with van der Waals surface area (Å²) in [5, 5.41) is 0. The van der Waals surface area contributed by atoms with Crippen LogP contribution in [-0.2, 0) is 9.59 Å². The molecule has 3 fully saturated rings.